The zero-order valence-corrected chi connectivity index (χ0v) is 16.4. The van der Waals surface area contributed by atoms with Crippen molar-refractivity contribution in [1.29, 1.82) is 5.26 Å². The largest absolute Gasteiger partial charge is 0.329 e. The van der Waals surface area contributed by atoms with E-state index < -0.39 is 0 Å². The summed E-state index contributed by atoms with van der Waals surface area (Å²) in [5, 5.41) is 14.2. The van der Waals surface area contributed by atoms with Crippen LogP contribution >= 0.6 is 11.6 Å². The van der Waals surface area contributed by atoms with E-state index in [-0.39, 0.29) is 0 Å². The molecule has 0 fully saturated rings. The van der Waals surface area contributed by atoms with Crippen LogP contribution in [0.2, 0.25) is 5.02 Å². The average molecular weight is 388 g/mol. The van der Waals surface area contributed by atoms with E-state index in [9.17, 15) is 5.26 Å². The Balaban J connectivity index is 1.74. The fourth-order valence-corrected chi connectivity index (χ4v) is 3.38. The predicted molar refractivity (Wildman–Crippen MR) is 112 cm³/mol. The van der Waals surface area contributed by atoms with E-state index in [0.29, 0.717) is 16.2 Å². The number of hydrogen-bond donors (Lipinski definition) is 0. The van der Waals surface area contributed by atoms with Gasteiger partial charge in [-0.3, -0.25) is 0 Å². The Bertz CT molecular complexity index is 1190. The van der Waals surface area contributed by atoms with Gasteiger partial charge in [-0.25, -0.2) is 4.98 Å². The highest BCUT2D eigenvalue weighted by atomic mass is 35.5. The van der Waals surface area contributed by atoms with Gasteiger partial charge >= 0.3 is 0 Å². The second-order valence-corrected chi connectivity index (χ2v) is 6.86. The van der Waals surface area contributed by atoms with Crippen LogP contribution in [0.5, 0.6) is 0 Å². The topological polar surface area (TPSA) is 57.2 Å². The van der Waals surface area contributed by atoms with E-state index in [1.54, 1.807) is 10.7 Å². The quantitative estimate of drug-likeness (QED) is 0.479. The first-order valence-corrected chi connectivity index (χ1v) is 9.36. The molecule has 0 saturated carbocycles. The predicted octanol–water partition coefficient (Wildman–Crippen LogP) is 5.25. The van der Waals surface area contributed by atoms with Crippen molar-refractivity contribution in [2.24, 2.45) is 0 Å². The maximum Gasteiger partial charge on any atom is 0.176 e. The molecule has 0 bridgehead atoms. The third-order valence-corrected chi connectivity index (χ3v) is 5.05. The lowest BCUT2D eigenvalue weighted by Gasteiger charge is -2.21. The number of rotatable bonds is 4. The fraction of sp³-hybridized carbons (Fsp3) is 0.136. The molecule has 2 aromatic carbocycles. The molecule has 0 atom stereocenters. The molecule has 0 spiro atoms. The Labute approximate surface area is 168 Å². The van der Waals surface area contributed by atoms with Crippen molar-refractivity contribution in [1.82, 2.24) is 14.6 Å². The fourth-order valence-electron chi connectivity index (χ4n) is 3.22. The van der Waals surface area contributed by atoms with E-state index in [1.807, 2.05) is 61.6 Å². The van der Waals surface area contributed by atoms with Gasteiger partial charge in [-0.05, 0) is 35.7 Å². The lowest BCUT2D eigenvalue weighted by atomic mass is 10.0. The summed E-state index contributed by atoms with van der Waals surface area (Å²) in [6, 6.07) is 20.0. The molecule has 0 aliphatic carbocycles. The van der Waals surface area contributed by atoms with Crippen LogP contribution in [0.15, 0.2) is 60.8 Å². The van der Waals surface area contributed by atoms with E-state index in [2.05, 4.69) is 28.0 Å². The molecule has 0 saturated heterocycles. The molecule has 0 amide bonds. The van der Waals surface area contributed by atoms with Crippen molar-refractivity contribution in [3.05, 3.63) is 77.1 Å². The van der Waals surface area contributed by atoms with Crippen molar-refractivity contribution in [3.8, 4) is 17.2 Å². The van der Waals surface area contributed by atoms with Crippen LogP contribution in [0.4, 0.5) is 11.5 Å². The van der Waals surface area contributed by atoms with Crippen molar-refractivity contribution in [2.45, 2.75) is 13.3 Å². The van der Waals surface area contributed by atoms with E-state index in [0.717, 1.165) is 34.7 Å². The molecule has 0 aliphatic rings. The number of halogens is 1. The minimum absolute atomic E-state index is 0.536. The number of hydrogen-bond acceptors (Lipinski definition) is 4. The highest BCUT2D eigenvalue weighted by Crippen LogP contribution is 2.30. The summed E-state index contributed by atoms with van der Waals surface area (Å²) in [5.74, 6) is 0.888. The van der Waals surface area contributed by atoms with Crippen molar-refractivity contribution < 1.29 is 0 Å². The van der Waals surface area contributed by atoms with E-state index >= 15 is 0 Å². The molecule has 0 unspecified atom stereocenters. The smallest absolute Gasteiger partial charge is 0.176 e. The Morgan fingerprint density at radius 3 is 2.61 bits per heavy atom. The first kappa shape index (κ1) is 18.0. The molecule has 138 valence electrons. The zero-order chi connectivity index (χ0) is 19.7. The molecule has 0 aliphatic heterocycles. The summed E-state index contributed by atoms with van der Waals surface area (Å²) in [6.45, 7) is 2.06. The van der Waals surface area contributed by atoms with Gasteiger partial charge in [0, 0.05) is 24.5 Å². The summed E-state index contributed by atoms with van der Waals surface area (Å²) in [6.07, 6.45) is 2.42. The van der Waals surface area contributed by atoms with Crippen LogP contribution in [0, 0.1) is 11.3 Å². The second-order valence-electron chi connectivity index (χ2n) is 6.45. The Morgan fingerprint density at radius 1 is 1.14 bits per heavy atom. The molecule has 0 radical (unpaired) electrons. The molecule has 2 heterocycles. The second kappa shape index (κ2) is 7.34. The van der Waals surface area contributed by atoms with Crippen molar-refractivity contribution in [2.75, 3.05) is 11.9 Å². The van der Waals surface area contributed by atoms with Crippen LogP contribution in [-0.4, -0.2) is 21.6 Å². The van der Waals surface area contributed by atoms with Gasteiger partial charge in [0.2, 0.25) is 0 Å². The first-order chi connectivity index (χ1) is 13.6. The molecular weight excluding hydrogens is 370 g/mol. The number of nitriles is 1. The summed E-state index contributed by atoms with van der Waals surface area (Å²) in [7, 11) is 1.99. The van der Waals surface area contributed by atoms with Gasteiger partial charge in [-0.2, -0.15) is 14.9 Å². The molecule has 0 N–H and O–H groups in total. The summed E-state index contributed by atoms with van der Waals surface area (Å²) < 4.78 is 1.75. The number of benzene rings is 2. The SMILES string of the molecule is CCc1cc(N(C)c2ccc(-c3ccccc3C#N)cc2)n2ncc(Cl)c2n1. The third kappa shape index (κ3) is 3.08. The molecule has 4 rings (SSSR count). The monoisotopic (exact) mass is 387 g/mol. The van der Waals surface area contributed by atoms with Crippen LogP contribution in [0.1, 0.15) is 18.2 Å². The first-order valence-electron chi connectivity index (χ1n) is 8.99. The number of fused-ring (bicyclic) bond motifs is 1. The van der Waals surface area contributed by atoms with Gasteiger partial charge in [0.15, 0.2) is 5.65 Å². The van der Waals surface area contributed by atoms with E-state index in [1.165, 1.54) is 0 Å². The molecule has 5 nitrogen and oxygen atoms in total. The van der Waals surface area contributed by atoms with Gasteiger partial charge < -0.3 is 4.90 Å². The summed E-state index contributed by atoms with van der Waals surface area (Å²) >= 11 is 6.25. The highest BCUT2D eigenvalue weighted by molar-refractivity contribution is 6.33. The minimum atomic E-state index is 0.536. The molecule has 28 heavy (non-hydrogen) atoms. The van der Waals surface area contributed by atoms with Crippen LogP contribution < -0.4 is 4.90 Å². The summed E-state index contributed by atoms with van der Waals surface area (Å²) in [4.78, 5) is 6.63. The van der Waals surface area contributed by atoms with Gasteiger partial charge in [-0.15, -0.1) is 0 Å². The molecular formula is C22H18ClN5. The molecule has 4 aromatic rings. The normalized spacial score (nSPS) is 10.8. The van der Waals surface area contributed by atoms with Crippen LogP contribution in [0.25, 0.3) is 16.8 Å². The molecule has 6 heteroatoms. The van der Waals surface area contributed by atoms with Gasteiger partial charge in [0.1, 0.15) is 10.8 Å². The molecule has 2 aromatic heterocycles. The van der Waals surface area contributed by atoms with Crippen LogP contribution in [0.3, 0.4) is 0 Å². The Morgan fingerprint density at radius 2 is 1.89 bits per heavy atom. The lowest BCUT2D eigenvalue weighted by molar-refractivity contribution is 0.890. The Kier molecular flexibility index (Phi) is 4.72. The zero-order valence-electron chi connectivity index (χ0n) is 15.6. The van der Waals surface area contributed by atoms with Crippen molar-refractivity contribution in [3.63, 3.8) is 0 Å². The van der Waals surface area contributed by atoms with Gasteiger partial charge in [0.25, 0.3) is 0 Å². The van der Waals surface area contributed by atoms with Gasteiger partial charge in [0.05, 0.1) is 17.8 Å². The van der Waals surface area contributed by atoms with Gasteiger partial charge in [-0.1, -0.05) is 48.9 Å². The van der Waals surface area contributed by atoms with Crippen LogP contribution in [-0.2, 0) is 6.42 Å². The number of aryl methyl sites for hydroxylation is 1. The van der Waals surface area contributed by atoms with Crippen molar-refractivity contribution >= 4 is 28.8 Å². The average Bonchev–Trinajstić information content (AvgIpc) is 3.13. The lowest BCUT2D eigenvalue weighted by Crippen LogP contribution is -2.15. The summed E-state index contributed by atoms with van der Waals surface area (Å²) in [5.41, 5.74) is 5.21. The third-order valence-electron chi connectivity index (χ3n) is 4.78. The Hall–Kier alpha value is -3.36. The minimum Gasteiger partial charge on any atom is -0.329 e. The van der Waals surface area contributed by atoms with E-state index in [4.69, 9.17) is 11.6 Å². The number of anilines is 2. The standard InChI is InChI=1S/C22H18ClN5/c1-3-17-12-21(28-22(26-17)20(23)14-25-28)27(2)18-10-8-15(9-11-18)19-7-5-4-6-16(19)13-24/h4-12,14H,3H2,1-2H3. The highest BCUT2D eigenvalue weighted by Gasteiger charge is 2.14. The number of nitrogens with zero attached hydrogens (tertiary/aromatic N) is 5. The maximum absolute atomic E-state index is 9.34. The maximum atomic E-state index is 9.34. The number of aromatic nitrogens is 3.